The number of hydrogen-bond donors (Lipinski definition) is 2. The summed E-state index contributed by atoms with van der Waals surface area (Å²) < 4.78 is 13.4. The summed E-state index contributed by atoms with van der Waals surface area (Å²) >= 11 is 7.03. The zero-order chi connectivity index (χ0) is 14.9. The third kappa shape index (κ3) is 6.22. The van der Waals surface area contributed by atoms with Gasteiger partial charge in [0, 0.05) is 24.1 Å². The van der Waals surface area contributed by atoms with Gasteiger partial charge in [-0.2, -0.15) is 11.8 Å². The van der Waals surface area contributed by atoms with Crippen molar-refractivity contribution in [1.29, 1.82) is 0 Å². The maximum Gasteiger partial charge on any atom is 0.166 e. The molecule has 5 heteroatoms. The lowest BCUT2D eigenvalue weighted by atomic mass is 9.96. The molecule has 1 aliphatic rings. The maximum absolute atomic E-state index is 13.4. The number of halogens is 1. The minimum atomic E-state index is -0.118. The third-order valence-corrected chi connectivity index (χ3v) is 4.96. The highest BCUT2D eigenvalue weighted by Crippen LogP contribution is 2.17. The lowest BCUT2D eigenvalue weighted by Crippen LogP contribution is -2.43. The molecule has 1 fully saturated rings. The molecule has 1 aromatic rings. The fourth-order valence-corrected chi connectivity index (χ4v) is 3.63. The van der Waals surface area contributed by atoms with E-state index in [4.69, 9.17) is 12.2 Å². The second-order valence-electron chi connectivity index (χ2n) is 5.38. The number of rotatable bonds is 6. The molecule has 21 heavy (non-hydrogen) atoms. The second kappa shape index (κ2) is 9.26. The fourth-order valence-electron chi connectivity index (χ4n) is 2.52. The molecule has 0 atom stereocenters. The summed E-state index contributed by atoms with van der Waals surface area (Å²) in [4.78, 5) is 0. The van der Waals surface area contributed by atoms with Gasteiger partial charge in [-0.05, 0) is 36.7 Å². The van der Waals surface area contributed by atoms with Crippen molar-refractivity contribution >= 4 is 29.1 Å². The molecule has 0 heterocycles. The first-order valence-electron chi connectivity index (χ1n) is 7.61. The van der Waals surface area contributed by atoms with Crippen molar-refractivity contribution < 1.29 is 4.39 Å². The van der Waals surface area contributed by atoms with Crippen LogP contribution >= 0.6 is 24.0 Å². The van der Waals surface area contributed by atoms with E-state index >= 15 is 0 Å². The summed E-state index contributed by atoms with van der Waals surface area (Å²) in [7, 11) is 0. The number of thioether (sulfide) groups is 1. The van der Waals surface area contributed by atoms with Gasteiger partial charge in [-0.1, -0.05) is 37.5 Å². The van der Waals surface area contributed by atoms with E-state index in [-0.39, 0.29) is 5.82 Å². The summed E-state index contributed by atoms with van der Waals surface area (Å²) in [6.07, 6.45) is 6.41. The Hall–Kier alpha value is -0.810. The second-order valence-corrected chi connectivity index (χ2v) is 6.89. The monoisotopic (exact) mass is 326 g/mol. The molecular weight excluding hydrogens is 303 g/mol. The molecule has 0 aliphatic heterocycles. The molecule has 1 aliphatic carbocycles. The number of thiocarbonyl (C=S) groups is 1. The predicted molar refractivity (Wildman–Crippen MR) is 93.2 cm³/mol. The Morgan fingerprint density at radius 1 is 1.24 bits per heavy atom. The van der Waals surface area contributed by atoms with Crippen molar-refractivity contribution in [3.8, 4) is 0 Å². The molecule has 0 spiro atoms. The fraction of sp³-hybridized carbons (Fsp3) is 0.562. The largest absolute Gasteiger partial charge is 0.362 e. The summed E-state index contributed by atoms with van der Waals surface area (Å²) in [5.74, 6) is 1.50. The number of benzene rings is 1. The van der Waals surface area contributed by atoms with Crippen LogP contribution in [-0.4, -0.2) is 23.5 Å². The van der Waals surface area contributed by atoms with Crippen LogP contribution < -0.4 is 10.6 Å². The SMILES string of the molecule is Fc1ccccc1CSCCNC(=S)NC1CCCCC1. The molecule has 0 aromatic heterocycles. The molecule has 0 saturated heterocycles. The summed E-state index contributed by atoms with van der Waals surface area (Å²) in [5, 5.41) is 7.38. The lowest BCUT2D eigenvalue weighted by molar-refractivity contribution is 0.412. The van der Waals surface area contributed by atoms with Crippen molar-refractivity contribution in [1.82, 2.24) is 10.6 Å². The van der Waals surface area contributed by atoms with Gasteiger partial charge in [-0.25, -0.2) is 4.39 Å². The Balaban J connectivity index is 1.55. The van der Waals surface area contributed by atoms with E-state index in [1.807, 2.05) is 12.1 Å². The van der Waals surface area contributed by atoms with Crippen LogP contribution in [0.2, 0.25) is 0 Å². The smallest absolute Gasteiger partial charge is 0.166 e. The van der Waals surface area contributed by atoms with Crippen molar-refractivity contribution in [2.24, 2.45) is 0 Å². The summed E-state index contributed by atoms with van der Waals surface area (Å²) in [5.41, 5.74) is 0.769. The first kappa shape index (κ1) is 16.6. The van der Waals surface area contributed by atoms with Gasteiger partial charge in [-0.3, -0.25) is 0 Å². The van der Waals surface area contributed by atoms with Gasteiger partial charge in [0.1, 0.15) is 5.82 Å². The zero-order valence-electron chi connectivity index (χ0n) is 12.2. The van der Waals surface area contributed by atoms with Crippen LogP contribution in [-0.2, 0) is 5.75 Å². The van der Waals surface area contributed by atoms with E-state index in [1.165, 1.54) is 38.2 Å². The van der Waals surface area contributed by atoms with Crippen LogP contribution in [0.5, 0.6) is 0 Å². The summed E-state index contributed by atoms with van der Waals surface area (Å²) in [6.45, 7) is 0.817. The molecule has 1 aromatic carbocycles. The van der Waals surface area contributed by atoms with Crippen LogP contribution in [0.4, 0.5) is 4.39 Å². The minimum Gasteiger partial charge on any atom is -0.362 e. The summed E-state index contributed by atoms with van der Waals surface area (Å²) in [6, 6.07) is 7.49. The van der Waals surface area contributed by atoms with Gasteiger partial charge < -0.3 is 10.6 Å². The van der Waals surface area contributed by atoms with E-state index < -0.39 is 0 Å². The van der Waals surface area contributed by atoms with Gasteiger partial charge in [0.05, 0.1) is 0 Å². The highest BCUT2D eigenvalue weighted by atomic mass is 32.2. The van der Waals surface area contributed by atoms with Crippen LogP contribution in [0.1, 0.15) is 37.7 Å². The quantitative estimate of drug-likeness (QED) is 0.612. The Morgan fingerprint density at radius 3 is 2.76 bits per heavy atom. The highest BCUT2D eigenvalue weighted by molar-refractivity contribution is 7.98. The topological polar surface area (TPSA) is 24.1 Å². The molecule has 2 nitrogen and oxygen atoms in total. The molecule has 0 amide bonds. The van der Waals surface area contributed by atoms with Gasteiger partial charge in [0.2, 0.25) is 0 Å². The number of hydrogen-bond acceptors (Lipinski definition) is 2. The van der Waals surface area contributed by atoms with Crippen LogP contribution in [0, 0.1) is 5.82 Å². The van der Waals surface area contributed by atoms with E-state index in [0.717, 1.165) is 23.0 Å². The molecule has 2 N–H and O–H groups in total. The average Bonchev–Trinajstić information content (AvgIpc) is 2.50. The van der Waals surface area contributed by atoms with Crippen LogP contribution in [0.3, 0.4) is 0 Å². The Kier molecular flexibility index (Phi) is 7.30. The van der Waals surface area contributed by atoms with Crippen molar-refractivity contribution in [3.63, 3.8) is 0 Å². The molecule has 0 radical (unpaired) electrons. The normalized spacial score (nSPS) is 15.7. The van der Waals surface area contributed by atoms with E-state index in [0.29, 0.717) is 11.8 Å². The molecule has 116 valence electrons. The first-order valence-corrected chi connectivity index (χ1v) is 9.17. The van der Waals surface area contributed by atoms with Gasteiger partial charge in [0.25, 0.3) is 0 Å². The molecule has 0 bridgehead atoms. The molecule has 2 rings (SSSR count). The van der Waals surface area contributed by atoms with Crippen LogP contribution in [0.15, 0.2) is 24.3 Å². The van der Waals surface area contributed by atoms with Crippen molar-refractivity contribution in [2.75, 3.05) is 12.3 Å². The highest BCUT2D eigenvalue weighted by Gasteiger charge is 2.13. The van der Waals surface area contributed by atoms with E-state index in [9.17, 15) is 4.39 Å². The molecule has 1 saturated carbocycles. The van der Waals surface area contributed by atoms with Crippen LogP contribution in [0.25, 0.3) is 0 Å². The predicted octanol–water partition coefficient (Wildman–Crippen LogP) is 3.86. The first-order chi connectivity index (χ1) is 10.3. The van der Waals surface area contributed by atoms with Crippen molar-refractivity contribution in [2.45, 2.75) is 43.9 Å². The van der Waals surface area contributed by atoms with E-state index in [2.05, 4.69) is 10.6 Å². The molecule has 0 unspecified atom stereocenters. The Morgan fingerprint density at radius 2 is 2.00 bits per heavy atom. The minimum absolute atomic E-state index is 0.118. The van der Waals surface area contributed by atoms with Crippen molar-refractivity contribution in [3.05, 3.63) is 35.6 Å². The standard InChI is InChI=1S/C16H23FN2S2/c17-15-9-5-4-6-13(15)12-21-11-10-18-16(20)19-14-7-2-1-3-8-14/h4-6,9,14H,1-3,7-8,10-12H2,(H2,18,19,20). The van der Waals surface area contributed by atoms with Gasteiger partial charge >= 0.3 is 0 Å². The maximum atomic E-state index is 13.4. The molecular formula is C16H23FN2S2. The van der Waals surface area contributed by atoms with Gasteiger partial charge in [0.15, 0.2) is 5.11 Å². The van der Waals surface area contributed by atoms with E-state index in [1.54, 1.807) is 17.8 Å². The lowest BCUT2D eigenvalue weighted by Gasteiger charge is -2.24. The van der Waals surface area contributed by atoms with Gasteiger partial charge in [-0.15, -0.1) is 0 Å². The number of nitrogens with one attached hydrogen (secondary N) is 2. The zero-order valence-corrected chi connectivity index (χ0v) is 13.9. The Bertz CT molecular complexity index is 448. The average molecular weight is 327 g/mol. The Labute approximate surface area is 136 Å². The third-order valence-electron chi connectivity index (χ3n) is 3.69.